The number of carbonyl (C=O) groups excluding carboxylic acids is 12. The molecular weight excluding hydrogens is 1240 g/mol. The number of urea groups is 1. The number of hydroxylamine groups is 2. The van der Waals surface area contributed by atoms with E-state index in [0.717, 1.165) is 11.1 Å². The number of ether oxygens (including phenoxy) is 4. The van der Waals surface area contributed by atoms with Crippen molar-refractivity contribution < 1.29 is 81.3 Å². The maximum Gasteiger partial charge on any atom is 0.407 e. The summed E-state index contributed by atoms with van der Waals surface area (Å²) in [5.41, 5.74) is 7.25. The van der Waals surface area contributed by atoms with Crippen LogP contribution >= 0.6 is 11.6 Å². The predicted octanol–water partition coefficient (Wildman–Crippen LogP) is 6.64. The Morgan fingerprint density at radius 3 is 2.09 bits per heavy atom. The number of carbonyl (C=O) groups is 12. The highest BCUT2D eigenvalue weighted by Crippen LogP contribution is 2.35. The van der Waals surface area contributed by atoms with Crippen molar-refractivity contribution in [3.8, 4) is 5.75 Å². The van der Waals surface area contributed by atoms with Crippen LogP contribution < -0.4 is 47.7 Å². The number of hydrogen-bond donors (Lipinski definition) is 8. The average Bonchev–Trinajstić information content (AvgIpc) is 1.23. The molecule has 1 fully saturated rings. The van der Waals surface area contributed by atoms with Crippen LogP contribution in [0.25, 0.3) is 0 Å². The number of amides is 10. The van der Waals surface area contributed by atoms with Gasteiger partial charge in [-0.1, -0.05) is 109 Å². The molecule has 3 aromatic carbocycles. The van der Waals surface area contributed by atoms with Crippen molar-refractivity contribution in [3.63, 3.8) is 0 Å². The molecule has 0 aliphatic carbocycles. The molecule has 26 nitrogen and oxygen atoms in total. The summed E-state index contributed by atoms with van der Waals surface area (Å²) >= 11 is 6.40. The summed E-state index contributed by atoms with van der Waals surface area (Å²) in [4.78, 5) is 160. The first-order chi connectivity index (χ1) is 44.4. The number of methoxy groups -OCH3 is 1. The van der Waals surface area contributed by atoms with Gasteiger partial charge in [0.05, 0.1) is 17.5 Å². The van der Waals surface area contributed by atoms with Crippen molar-refractivity contribution in [1.29, 1.82) is 0 Å². The third-order valence-electron chi connectivity index (χ3n) is 16.2. The van der Waals surface area contributed by atoms with Crippen LogP contribution in [0.4, 0.5) is 15.3 Å². The van der Waals surface area contributed by atoms with Gasteiger partial charge in [0.15, 0.2) is 6.10 Å². The summed E-state index contributed by atoms with van der Waals surface area (Å²) in [5, 5.41) is 19.6. The topological polar surface area (TPSA) is 364 Å². The minimum Gasteiger partial charge on any atom is -0.495 e. The Kier molecular flexibility index (Phi) is 29.3. The lowest BCUT2D eigenvalue weighted by atomic mass is 9.77. The van der Waals surface area contributed by atoms with Gasteiger partial charge in [0.2, 0.25) is 29.5 Å². The van der Waals surface area contributed by atoms with Gasteiger partial charge in [0.25, 0.3) is 11.8 Å². The zero-order valence-electron chi connectivity index (χ0n) is 55.0. The Morgan fingerprint density at radius 1 is 0.798 bits per heavy atom. The molecule has 0 spiro atoms. The van der Waals surface area contributed by atoms with Gasteiger partial charge in [0.1, 0.15) is 36.6 Å². The Balaban J connectivity index is 1.16. The van der Waals surface area contributed by atoms with E-state index >= 15 is 0 Å². The van der Waals surface area contributed by atoms with E-state index in [0.29, 0.717) is 32.6 Å². The van der Waals surface area contributed by atoms with Gasteiger partial charge in [-0.3, -0.25) is 38.4 Å². The predicted molar refractivity (Wildman–Crippen MR) is 345 cm³/mol. The van der Waals surface area contributed by atoms with Gasteiger partial charge < -0.3 is 66.7 Å². The maximum absolute atomic E-state index is 14.1. The Morgan fingerprint density at radius 2 is 1.46 bits per heavy atom. The zero-order chi connectivity index (χ0) is 69.4. The fraction of sp³-hybridized carbons (Fsp3) is 0.522. The smallest absolute Gasteiger partial charge is 0.407 e. The molecule has 0 radical (unpaired) electrons. The number of hydrogen-bond acceptors (Lipinski definition) is 17. The number of halogens is 1. The third kappa shape index (κ3) is 24.1. The third-order valence-corrected chi connectivity index (χ3v) is 16.5. The lowest BCUT2D eigenvalue weighted by Crippen LogP contribution is -2.54. The number of primary amides is 1. The molecule has 512 valence electrons. The molecule has 0 saturated carbocycles. The fourth-order valence-corrected chi connectivity index (χ4v) is 10.5. The van der Waals surface area contributed by atoms with Crippen LogP contribution in [0.1, 0.15) is 148 Å². The van der Waals surface area contributed by atoms with E-state index in [1.165, 1.54) is 13.2 Å². The van der Waals surface area contributed by atoms with E-state index < -0.39 is 113 Å². The summed E-state index contributed by atoms with van der Waals surface area (Å²) in [6.07, 6.45) is 0.219. The van der Waals surface area contributed by atoms with Gasteiger partial charge in [-0.2, -0.15) is 0 Å². The SMILES string of the molecule is COc1ccc(C[C@H]2NC(=O)/C=C/C[C@@H]([C@H](C)[C@@H](C)C(C)c3ccc(CNC(=O)OCc4ccc(NC(=O)[C@H](CCCNC(N)=O)NC(=O)C(NC(=O)CCCC(=O)ON5C(=O)CCC5=O)C(C)C)cc4)cc3)OC(=O)[C@H](CC(C)C)OC(=O)C(C)(C)CNC2=O)cc1Cl. The number of imide groups is 1. The normalized spacial score (nSPS) is 19.0. The van der Waals surface area contributed by atoms with Crippen LogP contribution in [0.2, 0.25) is 5.02 Å². The number of benzene rings is 3. The van der Waals surface area contributed by atoms with E-state index in [4.69, 9.17) is 41.1 Å². The summed E-state index contributed by atoms with van der Waals surface area (Å²) in [6, 6.07) is 15.1. The Bertz CT molecular complexity index is 3200. The summed E-state index contributed by atoms with van der Waals surface area (Å²) < 4.78 is 22.9. The standard InChI is InChI=1S/C67H90ClN9O17/c1-38(2)32-53-63(86)92-51(15-11-16-54(78)74-50(34-45-23-28-52(90-10)48(68)33-45)60(83)72-37-67(8,9)64(87)93-53)42(7)40(5)41(6)46-24-19-43(20-25-46)35-71-66(89)91-36-44-21-26-47(27-22-44)73-61(84)49(14-13-31-70-65(69)88)75-62(85)59(39(3)4)76-55(79)17-12-18-58(82)94-77-56(80)29-30-57(77)81/h11,16,19-28,33,38-42,49-51,53,59H,12-15,17-18,29-32,34-37H2,1-10H3,(H,71,89)(H,72,83)(H,73,84)(H,74,78)(H,75,85)(H,76,79)(H3,69,70,88)/b16-11+/t40-,41?,42+,49-,50+,51-,53-,59?/m0/s1. The zero-order valence-corrected chi connectivity index (χ0v) is 55.8. The highest BCUT2D eigenvalue weighted by molar-refractivity contribution is 6.32. The number of cyclic esters (lactones) is 2. The maximum atomic E-state index is 14.1. The van der Waals surface area contributed by atoms with Crippen LogP contribution in [-0.4, -0.2) is 127 Å². The summed E-state index contributed by atoms with van der Waals surface area (Å²) in [7, 11) is 1.48. The molecule has 0 bridgehead atoms. The molecule has 1 saturated heterocycles. The van der Waals surface area contributed by atoms with Gasteiger partial charge in [-0.25, -0.2) is 19.2 Å². The Hall–Kier alpha value is -9.07. The van der Waals surface area contributed by atoms with Gasteiger partial charge >= 0.3 is 30.0 Å². The van der Waals surface area contributed by atoms with E-state index in [9.17, 15) is 57.5 Å². The molecule has 2 aliphatic rings. The number of esters is 2. The Labute approximate surface area is 552 Å². The quantitative estimate of drug-likeness (QED) is 0.0163. The largest absolute Gasteiger partial charge is 0.495 e. The second kappa shape index (κ2) is 36.4. The first kappa shape index (κ1) is 75.6. The molecule has 3 aromatic rings. The van der Waals surface area contributed by atoms with Crippen molar-refractivity contribution >= 4 is 88.7 Å². The molecule has 2 unspecified atom stereocenters. The van der Waals surface area contributed by atoms with Gasteiger partial charge in [-0.15, -0.1) is 5.06 Å². The van der Waals surface area contributed by atoms with Crippen molar-refractivity contribution in [2.45, 2.75) is 176 Å². The molecular formula is C67H90ClN9O17. The lowest BCUT2D eigenvalue weighted by Gasteiger charge is -2.33. The molecule has 5 rings (SSSR count). The van der Waals surface area contributed by atoms with E-state index in [-0.39, 0.29) is 114 Å². The number of alkyl carbamates (subject to hydrolysis) is 1. The lowest BCUT2D eigenvalue weighted by molar-refractivity contribution is -0.197. The molecule has 2 aliphatic heterocycles. The van der Waals surface area contributed by atoms with E-state index in [1.807, 2.05) is 58.9 Å². The number of rotatable bonds is 28. The fourth-order valence-electron chi connectivity index (χ4n) is 10.2. The van der Waals surface area contributed by atoms with Gasteiger partial charge in [0, 0.05) is 63.8 Å². The second-order valence-corrected chi connectivity index (χ2v) is 25.4. The molecule has 27 heteroatoms. The summed E-state index contributed by atoms with van der Waals surface area (Å²) in [6.45, 7) is 16.3. The van der Waals surface area contributed by atoms with Crippen molar-refractivity contribution in [3.05, 3.63) is 106 Å². The summed E-state index contributed by atoms with van der Waals surface area (Å²) in [5.74, 6) is -7.14. The van der Waals surface area contributed by atoms with Crippen molar-refractivity contribution in [1.82, 2.24) is 37.0 Å². The molecule has 0 aromatic heterocycles. The average molecular weight is 1330 g/mol. The highest BCUT2D eigenvalue weighted by Gasteiger charge is 2.39. The van der Waals surface area contributed by atoms with Crippen LogP contribution in [0.3, 0.4) is 0 Å². The molecule has 10 amide bonds. The van der Waals surface area contributed by atoms with Gasteiger partial charge in [-0.05, 0) is 122 Å². The first-order valence-corrected chi connectivity index (χ1v) is 31.9. The molecule has 8 atom stereocenters. The molecule has 9 N–H and O–H groups in total. The monoisotopic (exact) mass is 1330 g/mol. The number of nitrogens with one attached hydrogen (secondary N) is 7. The number of anilines is 1. The van der Waals surface area contributed by atoms with E-state index in [2.05, 4.69) is 37.2 Å². The molecule has 2 heterocycles. The molecule has 94 heavy (non-hydrogen) atoms. The van der Waals surface area contributed by atoms with E-state index in [1.54, 1.807) is 76.2 Å². The van der Waals surface area contributed by atoms with Crippen LogP contribution in [0.5, 0.6) is 5.75 Å². The highest BCUT2D eigenvalue weighted by atomic mass is 35.5. The minimum absolute atomic E-state index is 0.0105. The van der Waals surface area contributed by atoms with Crippen LogP contribution in [-0.2, 0) is 86.6 Å². The van der Waals surface area contributed by atoms with Crippen LogP contribution in [0, 0.1) is 29.1 Å². The second-order valence-electron chi connectivity index (χ2n) is 25.0. The number of nitrogens with zero attached hydrogens (tertiary/aromatic N) is 1. The van der Waals surface area contributed by atoms with Crippen molar-refractivity contribution in [2.75, 3.05) is 25.5 Å². The first-order valence-electron chi connectivity index (χ1n) is 31.5. The number of nitrogens with two attached hydrogens (primary N) is 1. The van der Waals surface area contributed by atoms with Crippen molar-refractivity contribution in [2.24, 2.45) is 34.8 Å². The van der Waals surface area contributed by atoms with Crippen LogP contribution in [0.15, 0.2) is 78.9 Å². The minimum atomic E-state index is -1.28.